The maximum Gasteiger partial charge on any atom is 0.266 e. The highest BCUT2D eigenvalue weighted by Crippen LogP contribution is 2.37. The van der Waals surface area contributed by atoms with E-state index in [1.54, 1.807) is 19.0 Å². The van der Waals surface area contributed by atoms with Crippen LogP contribution in [-0.2, 0) is 11.4 Å². The number of amidine groups is 1. The maximum atomic E-state index is 12.4. The minimum absolute atomic E-state index is 0.0528. The molecule has 1 amide bonds. The predicted molar refractivity (Wildman–Crippen MR) is 123 cm³/mol. The zero-order chi connectivity index (χ0) is 20.1. The van der Waals surface area contributed by atoms with Crippen molar-refractivity contribution in [2.24, 2.45) is 4.99 Å². The first kappa shape index (κ1) is 20.7. The number of likely N-dealkylation sites (N-methyl/N-ethyl adjacent to an activating group) is 1. The third-order valence-electron chi connectivity index (χ3n) is 4.05. The molecule has 146 valence electrons. The van der Waals surface area contributed by atoms with Crippen molar-refractivity contribution in [2.75, 3.05) is 20.7 Å². The number of amides is 1. The fourth-order valence-electron chi connectivity index (χ4n) is 2.70. The molecule has 1 heterocycles. The molecule has 0 saturated carbocycles. The van der Waals surface area contributed by atoms with Crippen LogP contribution in [0.1, 0.15) is 18.1 Å². The topological polar surface area (TPSA) is 51.1 Å². The van der Waals surface area contributed by atoms with Gasteiger partial charge in [0.1, 0.15) is 6.61 Å². The Kier molecular flexibility index (Phi) is 7.01. The minimum atomic E-state index is -0.0528. The number of halogens is 1. The normalized spacial score (nSPS) is 16.9. The summed E-state index contributed by atoms with van der Waals surface area (Å²) in [7, 11) is 3.42. The van der Waals surface area contributed by atoms with Crippen LogP contribution in [0.5, 0.6) is 11.5 Å². The SMILES string of the molecule is CCOc1cc(/C=C2/SC(=NC)N(C)C2=O)cc(I)c1OCc1ccccc1. The van der Waals surface area contributed by atoms with Gasteiger partial charge in [-0.15, -0.1) is 0 Å². The van der Waals surface area contributed by atoms with Crippen molar-refractivity contribution >= 4 is 51.5 Å². The van der Waals surface area contributed by atoms with Crippen LogP contribution in [0.25, 0.3) is 6.08 Å². The molecular weight excluding hydrogens is 487 g/mol. The number of rotatable bonds is 6. The fraction of sp³-hybridized carbons (Fsp3) is 0.238. The minimum Gasteiger partial charge on any atom is -0.490 e. The van der Waals surface area contributed by atoms with Crippen LogP contribution < -0.4 is 9.47 Å². The molecule has 2 aromatic rings. The molecule has 1 fully saturated rings. The second-order valence-electron chi connectivity index (χ2n) is 6.02. The van der Waals surface area contributed by atoms with Gasteiger partial charge in [0.15, 0.2) is 16.7 Å². The summed E-state index contributed by atoms with van der Waals surface area (Å²) in [6.07, 6.45) is 1.87. The Morgan fingerprint density at radius 2 is 1.96 bits per heavy atom. The molecule has 1 aliphatic rings. The van der Waals surface area contributed by atoms with Crippen LogP contribution in [-0.4, -0.2) is 36.7 Å². The van der Waals surface area contributed by atoms with Crippen LogP contribution in [0, 0.1) is 3.57 Å². The Labute approximate surface area is 183 Å². The van der Waals surface area contributed by atoms with Crippen LogP contribution in [0.3, 0.4) is 0 Å². The Bertz CT molecular complexity index is 929. The van der Waals surface area contributed by atoms with E-state index in [9.17, 15) is 4.79 Å². The number of nitrogens with zero attached hydrogens (tertiary/aromatic N) is 2. The molecule has 1 aliphatic heterocycles. The molecule has 0 unspecified atom stereocenters. The number of hydrogen-bond donors (Lipinski definition) is 0. The van der Waals surface area contributed by atoms with Crippen molar-refractivity contribution in [3.63, 3.8) is 0 Å². The highest BCUT2D eigenvalue weighted by molar-refractivity contribution is 14.1. The van der Waals surface area contributed by atoms with Crippen molar-refractivity contribution in [1.29, 1.82) is 0 Å². The summed E-state index contributed by atoms with van der Waals surface area (Å²) >= 11 is 3.61. The third-order valence-corrected chi connectivity index (χ3v) is 6.00. The smallest absolute Gasteiger partial charge is 0.266 e. The fourth-order valence-corrected chi connectivity index (χ4v) is 4.41. The van der Waals surface area contributed by atoms with E-state index in [0.29, 0.717) is 34.8 Å². The van der Waals surface area contributed by atoms with Crippen LogP contribution in [0.15, 0.2) is 52.4 Å². The molecule has 0 aromatic heterocycles. The third kappa shape index (κ3) is 4.70. The van der Waals surface area contributed by atoms with E-state index in [4.69, 9.17) is 9.47 Å². The first-order chi connectivity index (χ1) is 13.5. The quantitative estimate of drug-likeness (QED) is 0.416. The molecule has 28 heavy (non-hydrogen) atoms. The molecule has 0 spiro atoms. The van der Waals surface area contributed by atoms with Crippen LogP contribution in [0.4, 0.5) is 0 Å². The van der Waals surface area contributed by atoms with Crippen molar-refractivity contribution in [3.05, 3.63) is 62.1 Å². The highest BCUT2D eigenvalue weighted by atomic mass is 127. The molecule has 0 atom stereocenters. The van der Waals surface area contributed by atoms with Gasteiger partial charge in [0.25, 0.3) is 5.91 Å². The molecule has 1 saturated heterocycles. The van der Waals surface area contributed by atoms with Crippen molar-refractivity contribution in [3.8, 4) is 11.5 Å². The van der Waals surface area contributed by atoms with Gasteiger partial charge < -0.3 is 9.47 Å². The van der Waals surface area contributed by atoms with Crippen LogP contribution in [0.2, 0.25) is 0 Å². The standard InChI is InChI=1S/C21H21IN2O3S/c1-4-26-17-11-15(12-18-20(25)24(3)21(23-2)28-18)10-16(22)19(17)27-13-14-8-6-5-7-9-14/h5-12H,4,13H2,1-3H3/b18-12+,23-21?. The molecule has 0 radical (unpaired) electrons. The van der Waals surface area contributed by atoms with E-state index in [1.807, 2.05) is 55.5 Å². The molecule has 0 N–H and O–H groups in total. The molecule has 5 nitrogen and oxygen atoms in total. The van der Waals surface area contributed by atoms with Gasteiger partial charge in [-0.2, -0.15) is 0 Å². The summed E-state index contributed by atoms with van der Waals surface area (Å²) in [5.41, 5.74) is 1.98. The average Bonchev–Trinajstić information content (AvgIpc) is 2.96. The summed E-state index contributed by atoms with van der Waals surface area (Å²) in [6.45, 7) is 2.93. The summed E-state index contributed by atoms with van der Waals surface area (Å²) in [5.74, 6) is 1.33. The van der Waals surface area contributed by atoms with E-state index in [2.05, 4.69) is 27.6 Å². The molecule has 3 rings (SSSR count). The van der Waals surface area contributed by atoms with Gasteiger partial charge in [-0.1, -0.05) is 30.3 Å². The molecular formula is C21H21IN2O3S. The average molecular weight is 508 g/mol. The van der Waals surface area contributed by atoms with E-state index >= 15 is 0 Å². The molecule has 7 heteroatoms. The summed E-state index contributed by atoms with van der Waals surface area (Å²) in [4.78, 5) is 18.7. The number of benzene rings is 2. The zero-order valence-electron chi connectivity index (χ0n) is 15.9. The van der Waals surface area contributed by atoms with Crippen LogP contribution >= 0.6 is 34.4 Å². The Balaban J connectivity index is 1.88. The Morgan fingerprint density at radius 1 is 1.21 bits per heavy atom. The van der Waals surface area contributed by atoms with Gasteiger partial charge in [-0.3, -0.25) is 14.7 Å². The second kappa shape index (κ2) is 9.47. The second-order valence-corrected chi connectivity index (χ2v) is 8.19. The Morgan fingerprint density at radius 3 is 2.61 bits per heavy atom. The Hall–Kier alpha value is -2.00. The number of carbonyl (C=O) groups excluding carboxylic acids is 1. The first-order valence-corrected chi connectivity index (χ1v) is 10.7. The molecule has 2 aromatic carbocycles. The number of ether oxygens (including phenoxy) is 2. The van der Waals surface area contributed by atoms with Gasteiger partial charge in [0, 0.05) is 14.1 Å². The van der Waals surface area contributed by atoms with Crippen molar-refractivity contribution < 1.29 is 14.3 Å². The number of thioether (sulfide) groups is 1. The van der Waals surface area contributed by atoms with Gasteiger partial charge in [-0.05, 0) is 70.6 Å². The summed E-state index contributed by atoms with van der Waals surface area (Å²) in [6, 6.07) is 13.9. The summed E-state index contributed by atoms with van der Waals surface area (Å²) < 4.78 is 12.8. The van der Waals surface area contributed by atoms with E-state index in [0.717, 1.165) is 14.7 Å². The van der Waals surface area contributed by atoms with Crippen molar-refractivity contribution in [2.45, 2.75) is 13.5 Å². The maximum absolute atomic E-state index is 12.4. The van der Waals surface area contributed by atoms with Gasteiger partial charge in [-0.25, -0.2) is 0 Å². The lowest BCUT2D eigenvalue weighted by Gasteiger charge is -2.15. The van der Waals surface area contributed by atoms with Gasteiger partial charge >= 0.3 is 0 Å². The van der Waals surface area contributed by atoms with Crippen molar-refractivity contribution in [1.82, 2.24) is 4.90 Å². The molecule has 0 bridgehead atoms. The zero-order valence-corrected chi connectivity index (χ0v) is 18.9. The number of carbonyl (C=O) groups is 1. The van der Waals surface area contributed by atoms with E-state index in [-0.39, 0.29) is 5.91 Å². The van der Waals surface area contributed by atoms with E-state index < -0.39 is 0 Å². The van der Waals surface area contributed by atoms with Gasteiger partial charge in [0.2, 0.25) is 0 Å². The highest BCUT2D eigenvalue weighted by Gasteiger charge is 2.29. The lowest BCUT2D eigenvalue weighted by molar-refractivity contribution is -0.121. The lowest BCUT2D eigenvalue weighted by Crippen LogP contribution is -2.23. The lowest BCUT2D eigenvalue weighted by atomic mass is 10.1. The first-order valence-electron chi connectivity index (χ1n) is 8.81. The monoisotopic (exact) mass is 508 g/mol. The van der Waals surface area contributed by atoms with E-state index in [1.165, 1.54) is 11.8 Å². The number of aliphatic imine (C=N–C) groups is 1. The molecule has 0 aliphatic carbocycles. The number of hydrogen-bond acceptors (Lipinski definition) is 5. The summed E-state index contributed by atoms with van der Waals surface area (Å²) in [5, 5.41) is 0.693. The van der Waals surface area contributed by atoms with Gasteiger partial charge in [0.05, 0.1) is 15.1 Å². The largest absolute Gasteiger partial charge is 0.490 e. The predicted octanol–water partition coefficient (Wildman–Crippen LogP) is 4.80.